The van der Waals surface area contributed by atoms with Gasteiger partial charge in [0.05, 0.1) is 28.5 Å². The molecular weight excluding hydrogens is 503 g/mol. The van der Waals surface area contributed by atoms with Gasteiger partial charge in [0.2, 0.25) is 0 Å². The molecule has 3 aromatic rings. The van der Waals surface area contributed by atoms with E-state index in [1.54, 1.807) is 19.1 Å². The molecule has 0 bridgehead atoms. The minimum atomic E-state index is -0.806. The number of rotatable bonds is 8. The molecule has 1 aliphatic heterocycles. The Balaban J connectivity index is 1.53. The normalized spacial score (nSPS) is 14.2. The van der Waals surface area contributed by atoms with Crippen LogP contribution in [-0.2, 0) is 11.3 Å². The van der Waals surface area contributed by atoms with Crippen molar-refractivity contribution in [3.63, 3.8) is 0 Å². The second kappa shape index (κ2) is 11.0. The first-order valence-electron chi connectivity index (χ1n) is 11.0. The van der Waals surface area contributed by atoms with E-state index in [4.69, 9.17) is 9.47 Å². The van der Waals surface area contributed by atoms with Gasteiger partial charge >= 0.3 is 5.97 Å². The predicted octanol–water partition coefficient (Wildman–Crippen LogP) is 5.59. The third-order valence-corrected chi connectivity index (χ3v) is 6.10. The number of halogens is 1. The van der Waals surface area contributed by atoms with Crippen LogP contribution in [0.2, 0.25) is 0 Å². The smallest absolute Gasteiger partial charge is 0.343 e. The van der Waals surface area contributed by atoms with Crippen molar-refractivity contribution >= 4 is 40.6 Å². The summed E-state index contributed by atoms with van der Waals surface area (Å²) in [5, 5.41) is 10.5. The summed E-state index contributed by atoms with van der Waals surface area (Å²) in [6.45, 7) is 2.00. The van der Waals surface area contributed by atoms with Crippen LogP contribution in [0.15, 0.2) is 71.6 Å². The Hall–Kier alpha value is -4.51. The van der Waals surface area contributed by atoms with E-state index in [-0.39, 0.29) is 40.8 Å². The number of benzene rings is 3. The van der Waals surface area contributed by atoms with E-state index in [0.717, 1.165) is 22.7 Å². The zero-order valence-electron chi connectivity index (χ0n) is 19.4. The Kier molecular flexibility index (Phi) is 7.63. The number of ether oxygens (including phenoxy) is 2. The summed E-state index contributed by atoms with van der Waals surface area (Å²) in [7, 11) is 0. The number of non-ortho nitro benzene ring substituents is 1. The Bertz CT molecular complexity index is 1420. The van der Waals surface area contributed by atoms with Crippen molar-refractivity contribution in [2.24, 2.45) is 0 Å². The lowest BCUT2D eigenvalue weighted by atomic mass is 10.1. The van der Waals surface area contributed by atoms with E-state index < -0.39 is 27.9 Å². The Morgan fingerprint density at radius 3 is 2.54 bits per heavy atom. The highest BCUT2D eigenvalue weighted by atomic mass is 32.2. The van der Waals surface area contributed by atoms with Gasteiger partial charge in [-0.15, -0.1) is 0 Å². The van der Waals surface area contributed by atoms with Crippen LogP contribution >= 0.6 is 11.8 Å². The van der Waals surface area contributed by atoms with Crippen molar-refractivity contribution in [1.82, 2.24) is 4.90 Å². The molecule has 9 nitrogen and oxygen atoms in total. The number of thioether (sulfide) groups is 1. The highest BCUT2D eigenvalue weighted by Crippen LogP contribution is 2.35. The molecule has 1 aliphatic rings. The minimum Gasteiger partial charge on any atom is -0.490 e. The average molecular weight is 523 g/mol. The molecule has 0 spiro atoms. The molecule has 37 heavy (non-hydrogen) atoms. The van der Waals surface area contributed by atoms with Crippen LogP contribution in [0.4, 0.5) is 14.9 Å². The summed E-state index contributed by atoms with van der Waals surface area (Å²) < 4.78 is 24.1. The lowest BCUT2D eigenvalue weighted by Gasteiger charge is -2.12. The van der Waals surface area contributed by atoms with Crippen LogP contribution in [0.5, 0.6) is 11.5 Å². The van der Waals surface area contributed by atoms with E-state index in [1.165, 1.54) is 54.6 Å². The summed E-state index contributed by atoms with van der Waals surface area (Å²) in [6.07, 6.45) is 1.52. The van der Waals surface area contributed by atoms with Gasteiger partial charge in [-0.3, -0.25) is 24.6 Å². The summed E-state index contributed by atoms with van der Waals surface area (Å²) in [5.41, 5.74) is 0.878. The van der Waals surface area contributed by atoms with Crippen molar-refractivity contribution in [1.29, 1.82) is 0 Å². The maximum absolute atomic E-state index is 13.2. The van der Waals surface area contributed by atoms with Crippen LogP contribution < -0.4 is 9.47 Å². The maximum atomic E-state index is 13.2. The molecule has 1 heterocycles. The number of nitro groups is 1. The third-order valence-electron chi connectivity index (χ3n) is 5.19. The fourth-order valence-electron chi connectivity index (χ4n) is 3.43. The van der Waals surface area contributed by atoms with E-state index in [2.05, 4.69) is 0 Å². The van der Waals surface area contributed by atoms with Gasteiger partial charge in [-0.1, -0.05) is 24.3 Å². The first kappa shape index (κ1) is 25.6. The van der Waals surface area contributed by atoms with Gasteiger partial charge in [0.1, 0.15) is 5.82 Å². The van der Waals surface area contributed by atoms with Crippen LogP contribution in [0.1, 0.15) is 28.4 Å². The molecule has 11 heteroatoms. The molecule has 3 aromatic carbocycles. The van der Waals surface area contributed by atoms with Crippen molar-refractivity contribution in [2.45, 2.75) is 13.5 Å². The second-order valence-electron chi connectivity index (χ2n) is 7.73. The van der Waals surface area contributed by atoms with Gasteiger partial charge in [0.25, 0.3) is 16.8 Å². The van der Waals surface area contributed by atoms with Gasteiger partial charge in [-0.25, -0.2) is 9.18 Å². The van der Waals surface area contributed by atoms with Gasteiger partial charge < -0.3 is 9.47 Å². The Morgan fingerprint density at radius 2 is 1.84 bits per heavy atom. The van der Waals surface area contributed by atoms with E-state index in [9.17, 15) is 28.9 Å². The van der Waals surface area contributed by atoms with E-state index >= 15 is 0 Å². The number of nitrogens with zero attached hydrogens (tertiary/aromatic N) is 2. The van der Waals surface area contributed by atoms with Crippen LogP contribution in [-0.4, -0.2) is 33.5 Å². The highest BCUT2D eigenvalue weighted by molar-refractivity contribution is 8.18. The summed E-state index contributed by atoms with van der Waals surface area (Å²) in [5.74, 6) is -1.42. The number of amides is 2. The first-order valence-corrected chi connectivity index (χ1v) is 11.8. The van der Waals surface area contributed by atoms with E-state index in [1.807, 2.05) is 0 Å². The summed E-state index contributed by atoms with van der Waals surface area (Å²) in [6, 6.07) is 15.3. The quantitative estimate of drug-likeness (QED) is 0.124. The monoisotopic (exact) mass is 522 g/mol. The number of esters is 1. The van der Waals surface area contributed by atoms with E-state index in [0.29, 0.717) is 11.1 Å². The molecule has 0 radical (unpaired) electrons. The lowest BCUT2D eigenvalue weighted by molar-refractivity contribution is -0.384. The largest absolute Gasteiger partial charge is 0.490 e. The molecule has 0 aromatic heterocycles. The summed E-state index contributed by atoms with van der Waals surface area (Å²) >= 11 is 0.777. The summed E-state index contributed by atoms with van der Waals surface area (Å²) in [4.78, 5) is 49.5. The minimum absolute atomic E-state index is 0.00412. The zero-order chi connectivity index (χ0) is 26.5. The van der Waals surface area contributed by atoms with Crippen LogP contribution in [0.25, 0.3) is 6.08 Å². The molecule has 2 amide bonds. The average Bonchev–Trinajstić information content (AvgIpc) is 3.14. The van der Waals surface area contributed by atoms with Crippen LogP contribution in [0.3, 0.4) is 0 Å². The molecule has 0 aliphatic carbocycles. The van der Waals surface area contributed by atoms with Crippen LogP contribution in [0, 0.1) is 15.9 Å². The standard InChI is InChI=1S/C26H19FN2O7S/c1-2-35-22-12-17(8-11-21(22)36-25(31)18-4-3-5-20(14-18)29(33)34)13-23-24(30)28(26(32)37-23)15-16-6-9-19(27)10-7-16/h3-14H,2,15H2,1H3/b23-13-. The molecule has 0 saturated carbocycles. The number of nitro benzene ring substituents is 1. The SMILES string of the molecule is CCOc1cc(/C=C2\SC(=O)N(Cc3ccc(F)cc3)C2=O)ccc1OC(=O)c1cccc([N+](=O)[O-])c1. The topological polar surface area (TPSA) is 116 Å². The molecular formula is C26H19FN2O7S. The van der Waals surface area contributed by atoms with Gasteiger partial charge in [-0.05, 0) is 66.2 Å². The van der Waals surface area contributed by atoms with Crippen molar-refractivity contribution in [3.8, 4) is 11.5 Å². The Morgan fingerprint density at radius 1 is 1.08 bits per heavy atom. The zero-order valence-corrected chi connectivity index (χ0v) is 20.2. The molecule has 188 valence electrons. The predicted molar refractivity (Wildman–Crippen MR) is 134 cm³/mol. The number of carbonyl (C=O) groups is 3. The molecule has 4 rings (SSSR count). The van der Waals surface area contributed by atoms with Gasteiger partial charge in [0.15, 0.2) is 11.5 Å². The second-order valence-corrected chi connectivity index (χ2v) is 8.72. The highest BCUT2D eigenvalue weighted by Gasteiger charge is 2.35. The number of hydrogen-bond donors (Lipinski definition) is 0. The molecule has 0 atom stereocenters. The van der Waals surface area contributed by atoms with Gasteiger partial charge in [0, 0.05) is 12.1 Å². The maximum Gasteiger partial charge on any atom is 0.343 e. The molecule has 1 saturated heterocycles. The third kappa shape index (κ3) is 6.01. The number of carbonyl (C=O) groups excluding carboxylic acids is 3. The molecule has 1 fully saturated rings. The fourth-order valence-corrected chi connectivity index (χ4v) is 4.27. The van der Waals surface area contributed by atoms with Crippen molar-refractivity contribution in [3.05, 3.63) is 104 Å². The number of hydrogen-bond acceptors (Lipinski definition) is 8. The lowest BCUT2D eigenvalue weighted by Crippen LogP contribution is -2.27. The van der Waals surface area contributed by atoms with Crippen molar-refractivity contribution < 1.29 is 33.2 Å². The van der Waals surface area contributed by atoms with Crippen molar-refractivity contribution in [2.75, 3.05) is 6.61 Å². The van der Waals surface area contributed by atoms with Gasteiger partial charge in [-0.2, -0.15) is 0 Å². The number of imide groups is 1. The Labute approximate surface area is 214 Å². The molecule has 0 N–H and O–H groups in total. The fraction of sp³-hybridized carbons (Fsp3) is 0.115. The first-order chi connectivity index (χ1) is 17.7. The molecule has 0 unspecified atom stereocenters.